The molecule has 94 valence electrons. The highest BCUT2D eigenvalue weighted by atomic mass is 15.1. The number of hydrogen-bond donors (Lipinski definition) is 1. The molecule has 1 unspecified atom stereocenters. The molecular formula is C14H28N2. The molecule has 1 atom stereocenters. The summed E-state index contributed by atoms with van der Waals surface area (Å²) >= 11 is 0. The molecule has 1 aliphatic heterocycles. The van der Waals surface area contributed by atoms with Gasteiger partial charge in [0.1, 0.15) is 0 Å². The highest BCUT2D eigenvalue weighted by molar-refractivity contribution is 4.79. The van der Waals surface area contributed by atoms with Gasteiger partial charge in [0.2, 0.25) is 0 Å². The molecule has 1 saturated carbocycles. The van der Waals surface area contributed by atoms with Gasteiger partial charge in [-0.2, -0.15) is 0 Å². The van der Waals surface area contributed by atoms with Crippen LogP contribution in [0.15, 0.2) is 0 Å². The van der Waals surface area contributed by atoms with Gasteiger partial charge in [-0.3, -0.25) is 0 Å². The summed E-state index contributed by atoms with van der Waals surface area (Å²) in [6, 6.07) is 0.842. The van der Waals surface area contributed by atoms with Crippen LogP contribution in [0.4, 0.5) is 0 Å². The fraction of sp³-hybridized carbons (Fsp3) is 1.00. The summed E-state index contributed by atoms with van der Waals surface area (Å²) in [6.45, 7) is 7.54. The molecule has 0 aromatic rings. The van der Waals surface area contributed by atoms with Crippen LogP contribution in [0.25, 0.3) is 0 Å². The summed E-state index contributed by atoms with van der Waals surface area (Å²) in [5.41, 5.74) is 0. The Hall–Kier alpha value is -0.0800. The molecule has 0 aromatic heterocycles. The fourth-order valence-electron chi connectivity index (χ4n) is 3.24. The lowest BCUT2D eigenvalue weighted by atomic mass is 9.95. The summed E-state index contributed by atoms with van der Waals surface area (Å²) in [6.07, 6.45) is 9.93. The van der Waals surface area contributed by atoms with E-state index < -0.39 is 0 Å². The zero-order valence-corrected chi connectivity index (χ0v) is 10.9. The predicted molar refractivity (Wildman–Crippen MR) is 69.7 cm³/mol. The molecule has 1 N–H and O–H groups in total. The van der Waals surface area contributed by atoms with E-state index in [9.17, 15) is 0 Å². The van der Waals surface area contributed by atoms with Gasteiger partial charge in [0.25, 0.3) is 0 Å². The summed E-state index contributed by atoms with van der Waals surface area (Å²) in [4.78, 5) is 2.63. The topological polar surface area (TPSA) is 15.3 Å². The molecule has 2 nitrogen and oxygen atoms in total. The summed E-state index contributed by atoms with van der Waals surface area (Å²) in [5.74, 6) is 0.925. The third-order valence-corrected chi connectivity index (χ3v) is 4.21. The van der Waals surface area contributed by atoms with E-state index in [1.807, 2.05) is 0 Å². The highest BCUT2D eigenvalue weighted by Crippen LogP contribution is 2.19. The van der Waals surface area contributed by atoms with Crippen LogP contribution in [0.5, 0.6) is 0 Å². The zero-order valence-electron chi connectivity index (χ0n) is 10.9. The first kappa shape index (κ1) is 12.4. The number of likely N-dealkylation sites (tertiary alicyclic amines) is 1. The maximum Gasteiger partial charge on any atom is 0.00671 e. The van der Waals surface area contributed by atoms with Crippen molar-refractivity contribution < 1.29 is 0 Å². The van der Waals surface area contributed by atoms with Crippen LogP contribution in [-0.2, 0) is 0 Å². The molecule has 2 rings (SSSR count). The molecule has 2 heteroatoms. The Morgan fingerprint density at radius 2 is 1.94 bits per heavy atom. The van der Waals surface area contributed by atoms with Gasteiger partial charge >= 0.3 is 0 Å². The molecular weight excluding hydrogens is 196 g/mol. The van der Waals surface area contributed by atoms with E-state index in [2.05, 4.69) is 17.1 Å². The molecule has 0 bridgehead atoms. The molecule has 0 radical (unpaired) electrons. The quantitative estimate of drug-likeness (QED) is 0.772. The van der Waals surface area contributed by atoms with Gasteiger partial charge in [0.05, 0.1) is 0 Å². The number of hydrogen-bond acceptors (Lipinski definition) is 2. The Morgan fingerprint density at radius 1 is 1.12 bits per heavy atom. The lowest BCUT2D eigenvalue weighted by Crippen LogP contribution is -2.35. The number of rotatable bonds is 5. The first-order valence-electron chi connectivity index (χ1n) is 7.34. The van der Waals surface area contributed by atoms with Crippen molar-refractivity contribution in [3.05, 3.63) is 0 Å². The van der Waals surface area contributed by atoms with E-state index in [-0.39, 0.29) is 0 Å². The third-order valence-electron chi connectivity index (χ3n) is 4.21. The number of nitrogens with one attached hydrogen (secondary N) is 1. The zero-order chi connectivity index (χ0) is 11.2. The fourth-order valence-corrected chi connectivity index (χ4v) is 3.24. The average Bonchev–Trinajstić information content (AvgIpc) is 2.76. The smallest absolute Gasteiger partial charge is 0.00671 e. The minimum atomic E-state index is 0.842. The van der Waals surface area contributed by atoms with Crippen LogP contribution in [0.2, 0.25) is 0 Å². The van der Waals surface area contributed by atoms with Crippen LogP contribution in [0.1, 0.15) is 51.9 Å². The average molecular weight is 224 g/mol. The molecule has 1 aliphatic carbocycles. The van der Waals surface area contributed by atoms with Crippen LogP contribution < -0.4 is 5.32 Å². The minimum absolute atomic E-state index is 0.842. The van der Waals surface area contributed by atoms with Crippen LogP contribution in [0.3, 0.4) is 0 Å². The van der Waals surface area contributed by atoms with Gasteiger partial charge in [-0.05, 0) is 51.2 Å². The van der Waals surface area contributed by atoms with Crippen molar-refractivity contribution in [2.75, 3.05) is 26.2 Å². The second-order valence-electron chi connectivity index (χ2n) is 5.70. The van der Waals surface area contributed by atoms with E-state index in [1.165, 1.54) is 71.1 Å². The van der Waals surface area contributed by atoms with Crippen LogP contribution in [-0.4, -0.2) is 37.1 Å². The summed E-state index contributed by atoms with van der Waals surface area (Å²) < 4.78 is 0. The predicted octanol–water partition coefficient (Wildman–Crippen LogP) is 2.64. The van der Waals surface area contributed by atoms with E-state index in [1.54, 1.807) is 0 Å². The van der Waals surface area contributed by atoms with E-state index >= 15 is 0 Å². The van der Waals surface area contributed by atoms with Gasteiger partial charge in [-0.15, -0.1) is 0 Å². The van der Waals surface area contributed by atoms with Gasteiger partial charge in [0.15, 0.2) is 0 Å². The van der Waals surface area contributed by atoms with Crippen molar-refractivity contribution in [2.45, 2.75) is 57.9 Å². The van der Waals surface area contributed by atoms with Crippen molar-refractivity contribution in [3.63, 3.8) is 0 Å². The van der Waals surface area contributed by atoms with Gasteiger partial charge in [0, 0.05) is 12.6 Å². The van der Waals surface area contributed by atoms with Crippen molar-refractivity contribution in [2.24, 2.45) is 5.92 Å². The first-order chi connectivity index (χ1) is 7.88. The van der Waals surface area contributed by atoms with Crippen molar-refractivity contribution in [3.8, 4) is 0 Å². The second kappa shape index (κ2) is 6.61. The maximum absolute atomic E-state index is 3.80. The third kappa shape index (κ3) is 3.74. The second-order valence-corrected chi connectivity index (χ2v) is 5.70. The molecule has 2 fully saturated rings. The Bertz CT molecular complexity index is 187. The minimum Gasteiger partial charge on any atom is -0.314 e. The Balaban J connectivity index is 1.59. The molecule has 0 spiro atoms. The SMILES string of the molecule is CCCN1CCC(CNC2CCCCC2)C1. The highest BCUT2D eigenvalue weighted by Gasteiger charge is 2.22. The standard InChI is InChI=1S/C14H28N2/c1-2-9-16-10-8-13(12-16)11-15-14-6-4-3-5-7-14/h13-15H,2-12H2,1H3. The monoisotopic (exact) mass is 224 g/mol. The Labute approximate surface area is 101 Å². The maximum atomic E-state index is 3.80. The largest absolute Gasteiger partial charge is 0.314 e. The van der Waals surface area contributed by atoms with Crippen LogP contribution in [0, 0.1) is 5.92 Å². The molecule has 0 amide bonds. The lowest BCUT2D eigenvalue weighted by molar-refractivity contribution is 0.309. The number of nitrogens with zero attached hydrogens (tertiary/aromatic N) is 1. The molecule has 1 saturated heterocycles. The van der Waals surface area contributed by atoms with E-state index in [0.29, 0.717) is 0 Å². The molecule has 1 heterocycles. The molecule has 2 aliphatic rings. The van der Waals surface area contributed by atoms with Gasteiger partial charge in [-0.25, -0.2) is 0 Å². The molecule has 0 aromatic carbocycles. The molecule has 16 heavy (non-hydrogen) atoms. The lowest BCUT2D eigenvalue weighted by Gasteiger charge is -2.24. The van der Waals surface area contributed by atoms with E-state index in [4.69, 9.17) is 0 Å². The first-order valence-corrected chi connectivity index (χ1v) is 7.34. The Kier molecular flexibility index (Phi) is 5.11. The van der Waals surface area contributed by atoms with Crippen LogP contribution >= 0.6 is 0 Å². The van der Waals surface area contributed by atoms with E-state index in [0.717, 1.165) is 12.0 Å². The Morgan fingerprint density at radius 3 is 2.69 bits per heavy atom. The van der Waals surface area contributed by atoms with Crippen molar-refractivity contribution in [1.82, 2.24) is 10.2 Å². The summed E-state index contributed by atoms with van der Waals surface area (Å²) in [5, 5.41) is 3.80. The summed E-state index contributed by atoms with van der Waals surface area (Å²) in [7, 11) is 0. The van der Waals surface area contributed by atoms with Gasteiger partial charge < -0.3 is 10.2 Å². The van der Waals surface area contributed by atoms with Crippen molar-refractivity contribution >= 4 is 0 Å². The van der Waals surface area contributed by atoms with Crippen molar-refractivity contribution in [1.29, 1.82) is 0 Å². The normalized spacial score (nSPS) is 28.7. The van der Waals surface area contributed by atoms with Gasteiger partial charge in [-0.1, -0.05) is 26.2 Å².